The lowest BCUT2D eigenvalue weighted by Crippen LogP contribution is -2.42. The summed E-state index contributed by atoms with van der Waals surface area (Å²) < 4.78 is 49.6. The standard InChI is InChI=1S/C16H33N3O8.C16H33N3O6.C16H31NO8.C14H27NO6.C8H15NO2/c1-4-5-6-19(7-15(22)9-24-11-17-26-13(2)20)8-16(23)10-25-12-18-27-14(3)21;1-4-5-6-19(7-15(22)9-24-11-17-13(2)20)8-16(23)10-25-12-18-14(3)21;1-4-5-6-17(7-15(20)9-22-11-24-13(2)18)8-16(21)10-23-12-25-14(3)19;1-4-5-6-15(7-13(18)9-20-11(2)16)8-14(19)10-21-12(3)17;1-4-5-6-9(7(2)10)8(3)11/h15-18,22-23H,4-12H2,1-3H3;15-16,22-23H,4-12H2,1-3H3,(H,17,20)(H,18,21);15-16,20-21H,4-12H2,1-3H3;13-14,18-19H,4-10H2,1-3H3;4-6H2,1-3H3. The summed E-state index contributed by atoms with van der Waals surface area (Å²) in [6, 6.07) is 0. The lowest BCUT2D eigenvalue weighted by Gasteiger charge is -2.27. The summed E-state index contributed by atoms with van der Waals surface area (Å²) in [6.07, 6.45) is 3.37. The lowest BCUT2D eigenvalue weighted by atomic mass is 10.2. The van der Waals surface area contributed by atoms with Crippen molar-refractivity contribution in [2.24, 2.45) is 0 Å². The molecule has 0 saturated carbocycles. The van der Waals surface area contributed by atoms with Crippen LogP contribution in [0.2, 0.25) is 0 Å². The number of hydroxylamine groups is 2. The molecule has 0 fully saturated rings. The Morgan fingerprint density at radius 2 is 0.505 bits per heavy atom. The fourth-order valence-electron chi connectivity index (χ4n) is 8.69. The minimum atomic E-state index is -0.813. The second-order valence-electron chi connectivity index (χ2n) is 25.1. The number of rotatable bonds is 61. The van der Waals surface area contributed by atoms with Gasteiger partial charge in [-0.1, -0.05) is 66.7 Å². The minimum absolute atomic E-state index is 0.0228. The predicted molar refractivity (Wildman–Crippen MR) is 396 cm³/mol. The summed E-state index contributed by atoms with van der Waals surface area (Å²) in [4.78, 5) is 125. The van der Waals surface area contributed by atoms with Crippen molar-refractivity contribution in [3.8, 4) is 0 Å². The number of amides is 4. The van der Waals surface area contributed by atoms with Gasteiger partial charge in [0.25, 0.3) is 0 Å². The monoisotopic (exact) mass is 1590 g/mol. The van der Waals surface area contributed by atoms with Crippen molar-refractivity contribution in [3.63, 3.8) is 0 Å². The maximum absolute atomic E-state index is 10.8. The summed E-state index contributed by atoms with van der Waals surface area (Å²) in [6.45, 7) is 29.3. The van der Waals surface area contributed by atoms with E-state index in [1.165, 1.54) is 74.1 Å². The lowest BCUT2D eigenvalue weighted by molar-refractivity contribution is -0.157. The average Bonchev–Trinajstić information content (AvgIpc) is 0.968. The van der Waals surface area contributed by atoms with E-state index in [-0.39, 0.29) is 130 Å². The summed E-state index contributed by atoms with van der Waals surface area (Å²) in [5.41, 5.74) is 4.62. The number of imide groups is 1. The smallest absolute Gasteiger partial charge is 0.321 e. The molecular weight excluding hydrogens is 1450 g/mol. The number of ether oxygens (including phenoxy) is 10. The third-order valence-electron chi connectivity index (χ3n) is 13.7. The van der Waals surface area contributed by atoms with Gasteiger partial charge in [-0.25, -0.2) is 0 Å². The van der Waals surface area contributed by atoms with Crippen LogP contribution in [0, 0.1) is 0 Å². The minimum Gasteiger partial charge on any atom is -0.463 e. The molecule has 0 aliphatic carbocycles. The molecular formula is C70H139N9O30. The summed E-state index contributed by atoms with van der Waals surface area (Å²) in [7, 11) is 0. The van der Waals surface area contributed by atoms with Crippen LogP contribution in [0.3, 0.4) is 0 Å². The molecule has 0 aliphatic rings. The van der Waals surface area contributed by atoms with Gasteiger partial charge < -0.3 is 109 Å². The van der Waals surface area contributed by atoms with Gasteiger partial charge >= 0.3 is 35.8 Å². The summed E-state index contributed by atoms with van der Waals surface area (Å²) >= 11 is 0. The molecule has 39 heteroatoms. The molecule has 12 N–H and O–H groups in total. The molecule has 0 heterocycles. The molecule has 0 aromatic carbocycles. The first-order valence-electron chi connectivity index (χ1n) is 36.9. The van der Waals surface area contributed by atoms with E-state index < -0.39 is 84.6 Å². The van der Waals surface area contributed by atoms with E-state index >= 15 is 0 Å². The molecule has 0 saturated heterocycles. The summed E-state index contributed by atoms with van der Waals surface area (Å²) in [5.74, 6) is -3.45. The number of nitrogens with zero attached hydrogens (tertiary/aromatic N) is 5. The number of unbranched alkanes of at least 4 members (excludes halogenated alkanes) is 5. The number of aliphatic hydroxyl groups is 8. The Balaban J connectivity index is -0.000000422. The van der Waals surface area contributed by atoms with Gasteiger partial charge in [-0.05, 0) is 58.3 Å². The highest BCUT2D eigenvalue weighted by atomic mass is 16.7. The van der Waals surface area contributed by atoms with Crippen LogP contribution >= 0.6 is 0 Å². The van der Waals surface area contributed by atoms with Crippen LogP contribution in [0.4, 0.5) is 0 Å². The Morgan fingerprint density at radius 1 is 0.284 bits per heavy atom. The quantitative estimate of drug-likeness (QED) is 0.0113. The van der Waals surface area contributed by atoms with Gasteiger partial charge in [0, 0.05) is 128 Å². The Hall–Kier alpha value is -5.90. The molecule has 8 atom stereocenters. The number of hydrogen-bond donors (Lipinski definition) is 12. The van der Waals surface area contributed by atoms with Gasteiger partial charge in [0.2, 0.25) is 23.6 Å². The molecule has 0 aliphatic heterocycles. The van der Waals surface area contributed by atoms with Crippen molar-refractivity contribution in [3.05, 3.63) is 0 Å². The highest BCUT2D eigenvalue weighted by Gasteiger charge is 2.22. The number of aliphatic hydroxyl groups excluding tert-OH is 8. The fraction of sp³-hybridized carbons (Fsp3) is 0.857. The van der Waals surface area contributed by atoms with Crippen molar-refractivity contribution in [2.75, 3.05) is 178 Å². The number of carbonyl (C=O) groups excluding carboxylic acids is 10. The molecule has 109 heavy (non-hydrogen) atoms. The second-order valence-corrected chi connectivity index (χ2v) is 25.1. The molecule has 8 unspecified atom stereocenters. The van der Waals surface area contributed by atoms with Crippen molar-refractivity contribution in [1.29, 1.82) is 0 Å². The van der Waals surface area contributed by atoms with Crippen LogP contribution < -0.4 is 21.6 Å². The van der Waals surface area contributed by atoms with E-state index in [2.05, 4.69) is 61.5 Å². The van der Waals surface area contributed by atoms with Gasteiger partial charge in [-0.3, -0.25) is 72.4 Å². The van der Waals surface area contributed by atoms with E-state index in [4.69, 9.17) is 37.9 Å². The highest BCUT2D eigenvalue weighted by molar-refractivity contribution is 5.92. The molecule has 0 bridgehead atoms. The van der Waals surface area contributed by atoms with Crippen molar-refractivity contribution >= 4 is 59.4 Å². The van der Waals surface area contributed by atoms with Gasteiger partial charge in [0.1, 0.15) is 52.3 Å². The van der Waals surface area contributed by atoms with Crippen LogP contribution in [-0.4, -0.2) is 352 Å². The number of esters is 4. The maximum Gasteiger partial charge on any atom is 0.321 e. The van der Waals surface area contributed by atoms with E-state index in [1.54, 1.807) is 0 Å². The van der Waals surface area contributed by atoms with E-state index in [1.807, 2.05) is 33.4 Å². The Labute approximate surface area is 644 Å². The van der Waals surface area contributed by atoms with Crippen molar-refractivity contribution < 1.29 is 146 Å². The Morgan fingerprint density at radius 3 is 0.716 bits per heavy atom. The van der Waals surface area contributed by atoms with E-state index in [9.17, 15) is 88.8 Å². The largest absolute Gasteiger partial charge is 0.463 e. The van der Waals surface area contributed by atoms with Gasteiger partial charge in [-0.2, -0.15) is 0 Å². The van der Waals surface area contributed by atoms with Crippen LogP contribution in [0.25, 0.3) is 0 Å². The van der Waals surface area contributed by atoms with Gasteiger partial charge in [0.15, 0.2) is 13.6 Å². The summed E-state index contributed by atoms with van der Waals surface area (Å²) in [5, 5.41) is 84.8. The molecule has 0 radical (unpaired) electrons. The normalized spacial score (nSPS) is 13.1. The van der Waals surface area contributed by atoms with Crippen LogP contribution in [0.1, 0.15) is 168 Å². The average molecular weight is 1590 g/mol. The molecule has 0 aromatic heterocycles. The number of carbonyl (C=O) groups is 10. The molecule has 0 aromatic rings. The van der Waals surface area contributed by atoms with E-state index in [0.717, 1.165) is 70.8 Å². The third-order valence-corrected chi connectivity index (χ3v) is 13.7. The molecule has 39 nitrogen and oxygen atoms in total. The van der Waals surface area contributed by atoms with Crippen molar-refractivity contribution in [2.45, 2.75) is 217 Å². The molecule has 0 rings (SSSR count). The molecule has 644 valence electrons. The first-order chi connectivity index (χ1) is 51.5. The number of hydrogen-bond acceptors (Lipinski definition) is 36. The molecule has 0 spiro atoms. The van der Waals surface area contributed by atoms with E-state index in [0.29, 0.717) is 65.4 Å². The van der Waals surface area contributed by atoms with Crippen LogP contribution in [0.15, 0.2) is 0 Å². The highest BCUT2D eigenvalue weighted by Crippen LogP contribution is 2.07. The van der Waals surface area contributed by atoms with Crippen LogP contribution in [0.5, 0.6) is 0 Å². The third kappa shape index (κ3) is 87.5. The molecule has 4 amide bonds. The topological polar surface area (TPSA) is 508 Å². The van der Waals surface area contributed by atoms with Gasteiger partial charge in [-0.15, -0.1) is 11.0 Å². The Bertz CT molecular complexity index is 2100. The van der Waals surface area contributed by atoms with Gasteiger partial charge in [0.05, 0.1) is 76.3 Å². The Kier molecular flexibility index (Phi) is 79.3. The first-order valence-corrected chi connectivity index (χ1v) is 36.9. The zero-order valence-electron chi connectivity index (χ0n) is 67.6. The van der Waals surface area contributed by atoms with Crippen LogP contribution in [-0.2, 0) is 105 Å². The zero-order valence-corrected chi connectivity index (χ0v) is 67.6. The SMILES string of the molecule is CCCCN(C(C)=O)C(C)=O.CCCCN(CC(O)COC(C)=O)CC(O)COC(C)=O.CCCCN(CC(O)COCNC(C)=O)CC(O)COCNC(C)=O.CCCCN(CC(O)COCNOC(C)=O)CC(O)COCNOC(C)=O.CCCCN(CC(O)COCOC(C)=O)CC(O)COCOC(C)=O. The van der Waals surface area contributed by atoms with Crippen molar-refractivity contribution in [1.82, 2.24) is 46.1 Å². The second kappa shape index (κ2) is 77.4. The maximum atomic E-state index is 10.8. The fourth-order valence-corrected chi connectivity index (χ4v) is 8.69. The number of nitrogens with one attached hydrogen (secondary N) is 4. The first kappa shape index (κ1) is 112. The zero-order chi connectivity index (χ0) is 83.8. The predicted octanol–water partition coefficient (Wildman–Crippen LogP) is -1.07.